The average molecular weight is 299 g/mol. The van der Waals surface area contributed by atoms with Gasteiger partial charge in [-0.1, -0.05) is 39.0 Å². The van der Waals surface area contributed by atoms with E-state index >= 15 is 0 Å². The molecule has 0 aliphatic carbocycles. The van der Waals surface area contributed by atoms with Crippen molar-refractivity contribution in [2.75, 3.05) is 18.8 Å². The number of para-hydroxylation sites is 1. The predicted octanol–water partition coefficient (Wildman–Crippen LogP) is 1.97. The molecule has 0 radical (unpaired) electrons. The van der Waals surface area contributed by atoms with Crippen LogP contribution >= 0.6 is 0 Å². The van der Waals surface area contributed by atoms with Gasteiger partial charge in [-0.3, -0.25) is 0 Å². The highest BCUT2D eigenvalue weighted by Crippen LogP contribution is 2.15. The number of nitrogen functional groups attached to an aromatic ring is 1. The summed E-state index contributed by atoms with van der Waals surface area (Å²) in [4.78, 5) is 0. The molecule has 0 aliphatic rings. The monoisotopic (exact) mass is 299 g/mol. The molecule has 0 atom stereocenters. The third-order valence-corrected chi connectivity index (χ3v) is 4.41. The second-order valence-electron chi connectivity index (χ2n) is 5.28. The fourth-order valence-corrected chi connectivity index (χ4v) is 3.22. The molecule has 20 heavy (non-hydrogen) atoms. The first-order chi connectivity index (χ1) is 9.36. The number of nitrogens with zero attached hydrogens (tertiary/aromatic N) is 1. The Kier molecular flexibility index (Phi) is 6.45. The Morgan fingerprint density at radius 1 is 1.30 bits per heavy atom. The van der Waals surface area contributed by atoms with Gasteiger partial charge in [0.2, 0.25) is 0 Å². The molecule has 3 N–H and O–H groups in total. The van der Waals surface area contributed by atoms with E-state index in [1.807, 2.05) is 39.0 Å². The van der Waals surface area contributed by atoms with E-state index in [4.69, 9.17) is 5.73 Å². The Hall–Kier alpha value is -1.11. The summed E-state index contributed by atoms with van der Waals surface area (Å²) in [6, 6.07) is 7.35. The minimum Gasteiger partial charge on any atom is -0.398 e. The van der Waals surface area contributed by atoms with Crippen molar-refractivity contribution in [1.29, 1.82) is 0 Å². The predicted molar refractivity (Wildman–Crippen MR) is 83.3 cm³/mol. The molecule has 0 saturated heterocycles. The summed E-state index contributed by atoms with van der Waals surface area (Å²) >= 11 is 0. The molecule has 0 heterocycles. The van der Waals surface area contributed by atoms with Crippen LogP contribution in [-0.4, -0.2) is 25.8 Å². The van der Waals surface area contributed by atoms with Crippen LogP contribution in [0, 0.1) is 5.92 Å². The number of hydrogen-bond acceptors (Lipinski definition) is 3. The first-order valence-electron chi connectivity index (χ1n) is 6.95. The van der Waals surface area contributed by atoms with Gasteiger partial charge in [0.15, 0.2) is 0 Å². The van der Waals surface area contributed by atoms with Crippen LogP contribution in [0.15, 0.2) is 24.3 Å². The van der Waals surface area contributed by atoms with E-state index in [-0.39, 0.29) is 5.92 Å². The SMILES string of the molecule is CCCN(Cc1ccccc1N)S(=O)(=O)NCC(C)C. The van der Waals surface area contributed by atoms with Gasteiger partial charge in [-0.2, -0.15) is 12.7 Å². The van der Waals surface area contributed by atoms with Gasteiger partial charge < -0.3 is 5.73 Å². The lowest BCUT2D eigenvalue weighted by Gasteiger charge is -2.23. The highest BCUT2D eigenvalue weighted by Gasteiger charge is 2.21. The Labute approximate surface area is 122 Å². The molecule has 0 spiro atoms. The first-order valence-corrected chi connectivity index (χ1v) is 8.39. The minimum absolute atomic E-state index is 0.273. The Morgan fingerprint density at radius 2 is 1.95 bits per heavy atom. The number of hydrogen-bond donors (Lipinski definition) is 2. The molecule has 0 bridgehead atoms. The molecule has 0 fully saturated rings. The molecule has 0 amide bonds. The van der Waals surface area contributed by atoms with Crippen LogP contribution in [0.25, 0.3) is 0 Å². The van der Waals surface area contributed by atoms with E-state index in [1.165, 1.54) is 4.31 Å². The van der Waals surface area contributed by atoms with Crippen molar-refractivity contribution >= 4 is 15.9 Å². The van der Waals surface area contributed by atoms with Crippen LogP contribution in [0.1, 0.15) is 32.8 Å². The lowest BCUT2D eigenvalue weighted by molar-refractivity contribution is 0.395. The van der Waals surface area contributed by atoms with Gasteiger partial charge in [0.05, 0.1) is 0 Å². The Bertz CT molecular complexity index is 515. The number of anilines is 1. The van der Waals surface area contributed by atoms with Gasteiger partial charge in [-0.15, -0.1) is 0 Å². The quantitative estimate of drug-likeness (QED) is 0.721. The molecule has 6 heteroatoms. The summed E-state index contributed by atoms with van der Waals surface area (Å²) in [6.45, 7) is 7.12. The zero-order chi connectivity index (χ0) is 15.2. The number of rotatable bonds is 8. The van der Waals surface area contributed by atoms with Crippen molar-refractivity contribution in [1.82, 2.24) is 9.03 Å². The molecule has 1 rings (SSSR count). The molecule has 0 saturated carbocycles. The maximum atomic E-state index is 12.3. The summed E-state index contributed by atoms with van der Waals surface area (Å²) < 4.78 is 28.7. The van der Waals surface area contributed by atoms with Crippen molar-refractivity contribution in [2.24, 2.45) is 5.92 Å². The van der Waals surface area contributed by atoms with Crippen LogP contribution in [0.5, 0.6) is 0 Å². The zero-order valence-electron chi connectivity index (χ0n) is 12.5. The van der Waals surface area contributed by atoms with E-state index in [0.717, 1.165) is 12.0 Å². The molecule has 0 aliphatic heterocycles. The maximum Gasteiger partial charge on any atom is 0.279 e. The third-order valence-electron chi connectivity index (χ3n) is 2.89. The first kappa shape index (κ1) is 16.9. The molecule has 1 aromatic rings. The van der Waals surface area contributed by atoms with Crippen molar-refractivity contribution < 1.29 is 8.42 Å². The molecular formula is C14H25N3O2S. The lowest BCUT2D eigenvalue weighted by atomic mass is 10.2. The van der Waals surface area contributed by atoms with Crippen molar-refractivity contribution in [3.63, 3.8) is 0 Å². The van der Waals surface area contributed by atoms with Crippen LogP contribution < -0.4 is 10.5 Å². The Balaban J connectivity index is 2.86. The van der Waals surface area contributed by atoms with Gasteiger partial charge in [0, 0.05) is 25.3 Å². The fourth-order valence-electron chi connectivity index (χ4n) is 1.77. The van der Waals surface area contributed by atoms with Crippen LogP contribution in [0.4, 0.5) is 5.69 Å². The average Bonchev–Trinajstić information content (AvgIpc) is 2.38. The summed E-state index contributed by atoms with van der Waals surface area (Å²) in [5.41, 5.74) is 7.34. The smallest absolute Gasteiger partial charge is 0.279 e. The standard InChI is InChI=1S/C14H25N3O2S/c1-4-9-17(20(18,19)16-10-12(2)3)11-13-7-5-6-8-14(13)15/h5-8,12,16H,4,9-11,15H2,1-3H3. The van der Waals surface area contributed by atoms with Gasteiger partial charge >= 0.3 is 0 Å². The van der Waals surface area contributed by atoms with E-state index in [2.05, 4.69) is 4.72 Å². The molecule has 0 aromatic heterocycles. The second kappa shape index (κ2) is 7.61. The maximum absolute atomic E-state index is 12.3. The van der Waals surface area contributed by atoms with Gasteiger partial charge in [-0.05, 0) is 24.0 Å². The summed E-state index contributed by atoms with van der Waals surface area (Å²) in [6.07, 6.45) is 0.759. The third kappa shape index (κ3) is 5.11. The summed E-state index contributed by atoms with van der Waals surface area (Å²) in [5.74, 6) is 0.273. The number of benzene rings is 1. The topological polar surface area (TPSA) is 75.4 Å². The highest BCUT2D eigenvalue weighted by molar-refractivity contribution is 7.87. The molecule has 1 aromatic carbocycles. The van der Waals surface area contributed by atoms with Gasteiger partial charge in [0.25, 0.3) is 10.2 Å². The largest absolute Gasteiger partial charge is 0.398 e. The van der Waals surface area contributed by atoms with Crippen LogP contribution in [0.2, 0.25) is 0 Å². The van der Waals surface area contributed by atoms with Gasteiger partial charge in [0.1, 0.15) is 0 Å². The van der Waals surface area contributed by atoms with Crippen molar-refractivity contribution in [3.8, 4) is 0 Å². The second-order valence-corrected chi connectivity index (χ2v) is 7.03. The molecule has 5 nitrogen and oxygen atoms in total. The van der Waals surface area contributed by atoms with E-state index in [0.29, 0.717) is 25.3 Å². The summed E-state index contributed by atoms with van der Waals surface area (Å²) in [5, 5.41) is 0. The number of nitrogens with one attached hydrogen (secondary N) is 1. The van der Waals surface area contributed by atoms with E-state index < -0.39 is 10.2 Å². The highest BCUT2D eigenvalue weighted by atomic mass is 32.2. The van der Waals surface area contributed by atoms with Crippen LogP contribution in [-0.2, 0) is 16.8 Å². The van der Waals surface area contributed by atoms with Crippen molar-refractivity contribution in [3.05, 3.63) is 29.8 Å². The Morgan fingerprint density at radius 3 is 2.50 bits per heavy atom. The fraction of sp³-hybridized carbons (Fsp3) is 0.571. The number of nitrogens with two attached hydrogens (primary N) is 1. The molecule has 0 unspecified atom stereocenters. The lowest BCUT2D eigenvalue weighted by Crippen LogP contribution is -2.42. The zero-order valence-corrected chi connectivity index (χ0v) is 13.3. The van der Waals surface area contributed by atoms with Gasteiger partial charge in [-0.25, -0.2) is 4.72 Å². The summed E-state index contributed by atoms with van der Waals surface area (Å²) in [7, 11) is -3.47. The molecular weight excluding hydrogens is 274 g/mol. The minimum atomic E-state index is -3.47. The van der Waals surface area contributed by atoms with E-state index in [9.17, 15) is 8.42 Å². The van der Waals surface area contributed by atoms with E-state index in [1.54, 1.807) is 6.07 Å². The normalized spacial score (nSPS) is 12.2. The van der Waals surface area contributed by atoms with Crippen molar-refractivity contribution in [2.45, 2.75) is 33.7 Å². The molecule has 114 valence electrons. The van der Waals surface area contributed by atoms with Crippen LogP contribution in [0.3, 0.4) is 0 Å².